The molecular formula is C17H24BrP. The minimum Gasteiger partial charge on any atom is -0.114 e. The molecule has 4 aliphatic carbocycles. The third-order valence-corrected chi connectivity index (χ3v) is 7.50. The summed E-state index contributed by atoms with van der Waals surface area (Å²) in [6, 6.07) is 11.2. The monoisotopic (exact) mass is 338 g/mol. The predicted octanol–water partition coefficient (Wildman–Crippen LogP) is 5.41. The lowest BCUT2D eigenvalue weighted by Crippen LogP contribution is -2.47. The largest absolute Gasteiger partial charge is 0.114 e. The van der Waals surface area contributed by atoms with E-state index in [2.05, 4.69) is 30.3 Å². The molecule has 0 spiro atoms. The summed E-state index contributed by atoms with van der Waals surface area (Å²) < 4.78 is 0. The molecule has 104 valence electrons. The summed E-state index contributed by atoms with van der Waals surface area (Å²) in [4.78, 5) is 0. The fraction of sp³-hybridized carbons (Fsp3) is 0.647. The lowest BCUT2D eigenvalue weighted by atomic mass is 9.56. The van der Waals surface area contributed by atoms with Crippen LogP contribution in [0.2, 0.25) is 0 Å². The molecule has 0 nitrogen and oxygen atoms in total. The maximum atomic E-state index is 2.31. The van der Waals surface area contributed by atoms with Gasteiger partial charge >= 0.3 is 0 Å². The van der Waals surface area contributed by atoms with Gasteiger partial charge in [-0.25, -0.2) is 0 Å². The molecule has 2 heteroatoms. The lowest BCUT2D eigenvalue weighted by molar-refractivity contribution is 0.0367. The molecule has 0 aliphatic heterocycles. The zero-order chi connectivity index (χ0) is 12.0. The summed E-state index contributed by atoms with van der Waals surface area (Å²) >= 11 is 0. The topological polar surface area (TPSA) is 0 Å². The van der Waals surface area contributed by atoms with Crippen molar-refractivity contribution in [1.29, 1.82) is 0 Å². The highest BCUT2D eigenvalue weighted by molar-refractivity contribution is 8.93. The van der Waals surface area contributed by atoms with Gasteiger partial charge < -0.3 is 0 Å². The van der Waals surface area contributed by atoms with Crippen molar-refractivity contribution in [1.82, 2.24) is 0 Å². The Morgan fingerprint density at radius 1 is 0.895 bits per heavy atom. The first-order chi connectivity index (χ1) is 8.81. The highest BCUT2D eigenvalue weighted by atomic mass is 79.9. The molecule has 0 heterocycles. The van der Waals surface area contributed by atoms with E-state index in [1.54, 1.807) is 44.1 Å². The van der Waals surface area contributed by atoms with Crippen molar-refractivity contribution in [2.75, 3.05) is 0 Å². The van der Waals surface area contributed by atoms with E-state index in [1.807, 2.05) is 0 Å². The molecule has 4 saturated carbocycles. The summed E-state index contributed by atoms with van der Waals surface area (Å²) in [7, 11) is 1.18. The predicted molar refractivity (Wildman–Crippen MR) is 89.7 cm³/mol. The van der Waals surface area contributed by atoms with Gasteiger partial charge in [0.25, 0.3) is 0 Å². The van der Waals surface area contributed by atoms with Gasteiger partial charge in [0.2, 0.25) is 0 Å². The number of halogens is 1. The zero-order valence-electron chi connectivity index (χ0n) is 11.5. The molecule has 0 N–H and O–H groups in total. The van der Waals surface area contributed by atoms with Crippen LogP contribution in [0.5, 0.6) is 0 Å². The summed E-state index contributed by atoms with van der Waals surface area (Å²) in [5.74, 6) is 3.33. The van der Waals surface area contributed by atoms with Gasteiger partial charge in [-0.2, -0.15) is 0 Å². The fourth-order valence-corrected chi connectivity index (χ4v) is 7.33. The van der Waals surface area contributed by atoms with Crippen molar-refractivity contribution in [3.05, 3.63) is 35.9 Å². The Bertz CT molecular complexity index is 393. The van der Waals surface area contributed by atoms with Crippen LogP contribution in [0.4, 0.5) is 0 Å². The van der Waals surface area contributed by atoms with Crippen molar-refractivity contribution < 1.29 is 0 Å². The maximum absolute atomic E-state index is 2.31. The van der Waals surface area contributed by atoms with Crippen LogP contribution in [0.25, 0.3) is 0 Å². The van der Waals surface area contributed by atoms with E-state index < -0.39 is 0 Å². The van der Waals surface area contributed by atoms with E-state index in [1.165, 1.54) is 14.7 Å². The van der Waals surface area contributed by atoms with Gasteiger partial charge in [0.05, 0.1) is 0 Å². The third-order valence-electron chi connectivity index (χ3n) is 5.55. The summed E-state index contributed by atoms with van der Waals surface area (Å²) in [5.41, 5.74) is 1.56. The minimum absolute atomic E-state index is 0. The van der Waals surface area contributed by atoms with Crippen molar-refractivity contribution in [2.45, 2.75) is 49.8 Å². The number of benzene rings is 1. The smallest absolute Gasteiger partial charge is 0.00956 e. The molecule has 1 atom stereocenters. The van der Waals surface area contributed by atoms with Crippen molar-refractivity contribution in [3.63, 3.8) is 0 Å². The molecule has 4 bridgehead atoms. The van der Waals surface area contributed by atoms with Crippen LogP contribution in [-0.2, 0) is 6.16 Å². The van der Waals surface area contributed by atoms with Gasteiger partial charge in [0.1, 0.15) is 0 Å². The first-order valence-electron chi connectivity index (χ1n) is 7.60. The Morgan fingerprint density at radius 3 is 1.95 bits per heavy atom. The molecule has 1 aromatic rings. The molecule has 0 aromatic heterocycles. The molecule has 0 amide bonds. The van der Waals surface area contributed by atoms with Crippen LogP contribution >= 0.6 is 25.6 Å². The minimum atomic E-state index is 0. The van der Waals surface area contributed by atoms with E-state index in [-0.39, 0.29) is 17.0 Å². The first-order valence-corrected chi connectivity index (χ1v) is 8.81. The molecule has 5 rings (SSSR count). The van der Waals surface area contributed by atoms with E-state index >= 15 is 0 Å². The number of hydrogen-bond donors (Lipinski definition) is 0. The number of hydrogen-bond acceptors (Lipinski definition) is 0. The average Bonchev–Trinajstić information content (AvgIpc) is 2.36. The second-order valence-corrected chi connectivity index (χ2v) is 8.80. The molecule has 4 fully saturated rings. The van der Waals surface area contributed by atoms with Crippen LogP contribution < -0.4 is 0 Å². The van der Waals surface area contributed by atoms with Gasteiger partial charge in [-0.1, -0.05) is 30.3 Å². The lowest BCUT2D eigenvalue weighted by Gasteiger charge is -2.57. The molecule has 0 saturated heterocycles. The Morgan fingerprint density at radius 2 is 1.42 bits per heavy atom. The van der Waals surface area contributed by atoms with Crippen LogP contribution in [0.3, 0.4) is 0 Å². The first kappa shape index (κ1) is 14.1. The third kappa shape index (κ3) is 2.79. The normalized spacial score (nSPS) is 39.7. The van der Waals surface area contributed by atoms with E-state index in [0.29, 0.717) is 0 Å². The molecular weight excluding hydrogens is 315 g/mol. The van der Waals surface area contributed by atoms with Gasteiger partial charge in [0.15, 0.2) is 0 Å². The highest BCUT2D eigenvalue weighted by Gasteiger charge is 2.50. The Balaban J connectivity index is 0.00000110. The summed E-state index contributed by atoms with van der Waals surface area (Å²) in [6.45, 7) is 0. The summed E-state index contributed by atoms with van der Waals surface area (Å²) in [6.07, 6.45) is 10.8. The molecule has 19 heavy (non-hydrogen) atoms. The number of rotatable bonds is 3. The Kier molecular flexibility index (Phi) is 4.07. The van der Waals surface area contributed by atoms with Gasteiger partial charge in [-0.15, -0.1) is 25.6 Å². The van der Waals surface area contributed by atoms with Crippen molar-refractivity contribution in [2.24, 2.45) is 17.8 Å². The SMILES string of the molecule is Br.c1ccc(CPC23CC4CC(CC(C4)C2)C3)cc1. The quantitative estimate of drug-likeness (QED) is 0.646. The standard InChI is InChI=1S/C17H23P.BrH/c1-2-4-13(5-3-1)12-18-17-9-14-6-15(10-17)8-16(7-14)11-17;/h1-5,14-16,18H,6-12H2;1H. The van der Waals surface area contributed by atoms with Gasteiger partial charge in [0, 0.05) is 0 Å². The second kappa shape index (κ2) is 5.49. The average molecular weight is 339 g/mol. The van der Waals surface area contributed by atoms with E-state index in [9.17, 15) is 0 Å². The highest BCUT2D eigenvalue weighted by Crippen LogP contribution is 2.62. The molecule has 1 aromatic carbocycles. The Hall–Kier alpha value is 0.130. The van der Waals surface area contributed by atoms with Crippen LogP contribution in [0.1, 0.15) is 44.1 Å². The van der Waals surface area contributed by atoms with Crippen molar-refractivity contribution in [3.8, 4) is 0 Å². The summed E-state index contributed by atoms with van der Waals surface area (Å²) in [5, 5.41) is 0.782. The molecule has 1 unspecified atom stereocenters. The van der Waals surface area contributed by atoms with Crippen LogP contribution in [-0.4, -0.2) is 5.16 Å². The maximum Gasteiger partial charge on any atom is -0.00956 e. The van der Waals surface area contributed by atoms with Gasteiger partial charge in [-0.3, -0.25) is 0 Å². The van der Waals surface area contributed by atoms with E-state index in [4.69, 9.17) is 0 Å². The van der Waals surface area contributed by atoms with Crippen molar-refractivity contribution >= 4 is 25.6 Å². The molecule has 4 aliphatic rings. The second-order valence-electron chi connectivity index (χ2n) is 7.04. The fourth-order valence-electron chi connectivity index (χ4n) is 5.21. The molecule has 0 radical (unpaired) electrons. The van der Waals surface area contributed by atoms with E-state index in [0.717, 1.165) is 22.9 Å². The zero-order valence-corrected chi connectivity index (χ0v) is 14.2. The van der Waals surface area contributed by atoms with Gasteiger partial charge in [-0.05, 0) is 73.2 Å². The van der Waals surface area contributed by atoms with Crippen LogP contribution in [0, 0.1) is 17.8 Å². The van der Waals surface area contributed by atoms with Crippen LogP contribution in [0.15, 0.2) is 30.3 Å². The Labute approximate surface area is 129 Å².